The maximum absolute atomic E-state index is 11.9. The van der Waals surface area contributed by atoms with Crippen molar-refractivity contribution in [2.45, 2.75) is 36.1 Å². The molecule has 10 heteroatoms. The van der Waals surface area contributed by atoms with Gasteiger partial charge in [-0.3, -0.25) is 19.7 Å². The van der Waals surface area contributed by atoms with Crippen molar-refractivity contribution in [3.05, 3.63) is 10.1 Å². The van der Waals surface area contributed by atoms with Crippen molar-refractivity contribution in [1.82, 2.24) is 10.2 Å². The van der Waals surface area contributed by atoms with Crippen LogP contribution in [0.1, 0.15) is 13.8 Å². The first-order chi connectivity index (χ1) is 9.15. The molecule has 2 heterocycles. The summed E-state index contributed by atoms with van der Waals surface area (Å²) in [7, 11) is 0. The smallest absolute Gasteiger partial charge is 0.327 e. The molecule has 110 valence electrons. The zero-order valence-electron chi connectivity index (χ0n) is 10.7. The molecule has 0 bridgehead atoms. The molecule has 2 rings (SSSR count). The Kier molecular flexibility index (Phi) is 3.36. The van der Waals surface area contributed by atoms with Crippen LogP contribution < -0.4 is 5.32 Å². The van der Waals surface area contributed by atoms with Crippen molar-refractivity contribution in [3.8, 4) is 0 Å². The van der Waals surface area contributed by atoms with Crippen molar-refractivity contribution in [3.63, 3.8) is 0 Å². The molecule has 0 radical (unpaired) electrons. The average Bonchev–Trinajstić information content (AvgIpc) is 2.54. The molecule has 3 atom stereocenters. The van der Waals surface area contributed by atoms with Crippen LogP contribution in [0.3, 0.4) is 0 Å². The number of rotatable bonds is 4. The zero-order chi connectivity index (χ0) is 15.2. The summed E-state index contributed by atoms with van der Waals surface area (Å²) in [6.07, 6.45) is 0. The van der Waals surface area contributed by atoms with Crippen LogP contribution in [0.15, 0.2) is 0 Å². The van der Waals surface area contributed by atoms with Gasteiger partial charge in [-0.25, -0.2) is 4.79 Å². The molecule has 9 nitrogen and oxygen atoms in total. The maximum Gasteiger partial charge on any atom is 0.327 e. The molecular weight excluding hydrogens is 290 g/mol. The lowest BCUT2D eigenvalue weighted by Gasteiger charge is -2.43. The summed E-state index contributed by atoms with van der Waals surface area (Å²) in [6, 6.07) is -1.86. The van der Waals surface area contributed by atoms with Crippen LogP contribution in [-0.2, 0) is 14.4 Å². The highest BCUT2D eigenvalue weighted by Crippen LogP contribution is 2.50. The minimum Gasteiger partial charge on any atom is -0.480 e. The number of nitro groups is 1. The second-order valence-corrected chi connectivity index (χ2v) is 6.91. The van der Waals surface area contributed by atoms with Gasteiger partial charge in [-0.2, -0.15) is 0 Å². The van der Waals surface area contributed by atoms with E-state index in [0.717, 1.165) is 0 Å². The fourth-order valence-corrected chi connectivity index (χ4v) is 4.11. The highest BCUT2D eigenvalue weighted by Gasteiger charge is 2.64. The number of fused-ring (bicyclic) bond motifs is 1. The van der Waals surface area contributed by atoms with Gasteiger partial charge in [0.2, 0.25) is 5.91 Å². The molecule has 2 N–H and O–H groups in total. The summed E-state index contributed by atoms with van der Waals surface area (Å²) in [6.45, 7) is 2.50. The largest absolute Gasteiger partial charge is 0.480 e. The van der Waals surface area contributed by atoms with Gasteiger partial charge in [0, 0.05) is 9.67 Å². The molecule has 0 aromatic rings. The Morgan fingerprint density at radius 1 is 1.55 bits per heavy atom. The molecular formula is C10H13N3O6S. The summed E-state index contributed by atoms with van der Waals surface area (Å²) in [5.41, 5.74) is 0. The van der Waals surface area contributed by atoms with Crippen LogP contribution in [0.4, 0.5) is 0 Å². The van der Waals surface area contributed by atoms with Gasteiger partial charge < -0.3 is 15.3 Å². The third-order valence-electron chi connectivity index (χ3n) is 3.26. The number of nitrogens with zero attached hydrogens (tertiary/aromatic N) is 2. The first kappa shape index (κ1) is 14.6. The molecule has 0 aromatic heterocycles. The van der Waals surface area contributed by atoms with E-state index >= 15 is 0 Å². The highest BCUT2D eigenvalue weighted by molar-refractivity contribution is 8.01. The van der Waals surface area contributed by atoms with E-state index in [0.29, 0.717) is 0 Å². The van der Waals surface area contributed by atoms with E-state index in [1.807, 2.05) is 0 Å². The van der Waals surface area contributed by atoms with Gasteiger partial charge in [0.1, 0.15) is 17.5 Å². The van der Waals surface area contributed by atoms with E-state index in [9.17, 15) is 29.6 Å². The van der Waals surface area contributed by atoms with Gasteiger partial charge >= 0.3 is 5.97 Å². The van der Waals surface area contributed by atoms with Crippen LogP contribution >= 0.6 is 11.8 Å². The second-order valence-electron chi connectivity index (χ2n) is 5.13. The number of carboxylic acids is 1. The number of hydrogen-bond donors (Lipinski definition) is 2. The Bertz CT molecular complexity index is 507. The fourth-order valence-electron chi connectivity index (χ4n) is 2.48. The summed E-state index contributed by atoms with van der Waals surface area (Å²) in [4.78, 5) is 45.1. The quantitative estimate of drug-likeness (QED) is 0.383. The summed E-state index contributed by atoms with van der Waals surface area (Å²) >= 11 is 1.27. The molecule has 2 aliphatic rings. The summed E-state index contributed by atoms with van der Waals surface area (Å²) < 4.78 is -0.686. The molecule has 0 unspecified atom stereocenters. The van der Waals surface area contributed by atoms with Crippen LogP contribution in [0.2, 0.25) is 0 Å². The predicted molar refractivity (Wildman–Crippen MR) is 67.5 cm³/mol. The normalized spacial score (nSPS) is 30.4. The van der Waals surface area contributed by atoms with Gasteiger partial charge in [0.05, 0.1) is 0 Å². The van der Waals surface area contributed by atoms with Crippen LogP contribution in [0.5, 0.6) is 0 Å². The molecule has 0 saturated carbocycles. The van der Waals surface area contributed by atoms with Crippen molar-refractivity contribution >= 4 is 29.5 Å². The molecule has 20 heavy (non-hydrogen) atoms. The standard InChI is InChI=1S/C10H13N3O6S/c1-10(2)6(9(16)17)13-7(15)5(8(13)20-10)11-4(14)3-12(18)19/h5-6,8H,3H2,1-2H3,(H,11,14)(H,16,17)/t5-,6+,8-/m1/s1. The Hall–Kier alpha value is -1.84. The molecule has 0 aliphatic carbocycles. The average molecular weight is 303 g/mol. The van der Waals surface area contributed by atoms with Crippen molar-refractivity contribution in [1.29, 1.82) is 0 Å². The van der Waals surface area contributed by atoms with Gasteiger partial charge in [0.15, 0.2) is 0 Å². The monoisotopic (exact) mass is 303 g/mol. The third kappa shape index (κ3) is 2.19. The minimum absolute atomic E-state index is 0.491. The molecule has 0 spiro atoms. The summed E-state index contributed by atoms with van der Waals surface area (Å²) in [5, 5.41) is 21.2. The number of nitrogens with one attached hydrogen (secondary N) is 1. The zero-order valence-corrected chi connectivity index (χ0v) is 11.5. The van der Waals surface area contributed by atoms with Gasteiger partial charge in [0.25, 0.3) is 12.5 Å². The van der Waals surface area contributed by atoms with E-state index in [1.54, 1.807) is 13.8 Å². The predicted octanol–water partition coefficient (Wildman–Crippen LogP) is -1.11. The number of hydrogen-bond acceptors (Lipinski definition) is 6. The van der Waals surface area contributed by atoms with E-state index in [1.165, 1.54) is 16.7 Å². The molecule has 2 fully saturated rings. The number of β-lactam (4-membered cyclic amide) rings is 1. The Balaban J connectivity index is 2.09. The van der Waals surface area contributed by atoms with E-state index < -0.39 is 51.5 Å². The van der Waals surface area contributed by atoms with Gasteiger partial charge in [-0.05, 0) is 13.8 Å². The lowest BCUT2D eigenvalue weighted by molar-refractivity contribution is -0.467. The number of aliphatic carboxylic acids is 1. The lowest BCUT2D eigenvalue weighted by Crippen LogP contribution is -2.70. The number of amides is 2. The maximum atomic E-state index is 11.9. The van der Waals surface area contributed by atoms with Gasteiger partial charge in [-0.15, -0.1) is 11.8 Å². The Morgan fingerprint density at radius 3 is 2.65 bits per heavy atom. The van der Waals surface area contributed by atoms with Gasteiger partial charge in [-0.1, -0.05) is 0 Å². The Morgan fingerprint density at radius 2 is 2.15 bits per heavy atom. The third-order valence-corrected chi connectivity index (χ3v) is 4.84. The minimum atomic E-state index is -1.10. The number of carbonyl (C=O) groups excluding carboxylic acids is 2. The van der Waals surface area contributed by atoms with Crippen molar-refractivity contribution in [2.75, 3.05) is 6.54 Å². The topological polar surface area (TPSA) is 130 Å². The summed E-state index contributed by atoms with van der Waals surface area (Å²) in [5.74, 6) is -2.48. The number of thioether (sulfide) groups is 1. The van der Waals surface area contributed by atoms with Crippen molar-refractivity contribution < 1.29 is 24.4 Å². The number of carbonyl (C=O) groups is 3. The van der Waals surface area contributed by atoms with E-state index in [2.05, 4.69) is 5.32 Å². The molecule has 2 aliphatic heterocycles. The molecule has 2 amide bonds. The van der Waals surface area contributed by atoms with Crippen molar-refractivity contribution in [2.24, 2.45) is 0 Å². The Labute approximate surface area is 117 Å². The molecule has 0 aromatic carbocycles. The SMILES string of the molecule is CC1(C)S[C@@H]2[C@H](NC(=O)C[N+](=O)[O-])C(=O)N2[C@H]1C(=O)O. The van der Waals surface area contributed by atoms with Crippen LogP contribution in [0, 0.1) is 10.1 Å². The first-order valence-corrected chi connectivity index (χ1v) is 6.67. The lowest BCUT2D eigenvalue weighted by atomic mass is 9.96. The van der Waals surface area contributed by atoms with Crippen LogP contribution in [-0.4, -0.2) is 61.5 Å². The van der Waals surface area contributed by atoms with E-state index in [4.69, 9.17) is 0 Å². The van der Waals surface area contributed by atoms with E-state index in [-0.39, 0.29) is 0 Å². The highest BCUT2D eigenvalue weighted by atomic mass is 32.2. The fraction of sp³-hybridized carbons (Fsp3) is 0.700. The first-order valence-electron chi connectivity index (χ1n) is 5.79. The second kappa shape index (κ2) is 4.62. The molecule has 2 saturated heterocycles. The number of carboxylic acid groups (broad SMARTS) is 1. The van der Waals surface area contributed by atoms with Crippen LogP contribution in [0.25, 0.3) is 0 Å².